The monoisotopic (exact) mass is 272 g/mol. The van der Waals surface area contributed by atoms with Gasteiger partial charge in [0.25, 0.3) is 0 Å². The van der Waals surface area contributed by atoms with E-state index >= 15 is 0 Å². The first-order chi connectivity index (χ1) is 9.58. The predicted octanol–water partition coefficient (Wildman–Crippen LogP) is 2.35. The van der Waals surface area contributed by atoms with Crippen molar-refractivity contribution in [2.45, 2.75) is 26.1 Å². The van der Waals surface area contributed by atoms with Crippen molar-refractivity contribution in [3.05, 3.63) is 41.6 Å². The van der Waals surface area contributed by atoms with E-state index in [1.54, 1.807) is 0 Å². The number of benzene rings is 1. The number of rotatable bonds is 5. The van der Waals surface area contributed by atoms with Gasteiger partial charge in [-0.2, -0.15) is 0 Å². The fourth-order valence-electron chi connectivity index (χ4n) is 2.24. The molecule has 108 valence electrons. The number of nitrogens with two attached hydrogens (primary N) is 1. The second-order valence-electron chi connectivity index (χ2n) is 5.50. The van der Waals surface area contributed by atoms with Gasteiger partial charge in [-0.05, 0) is 51.6 Å². The molecule has 1 aromatic rings. The largest absolute Gasteiger partial charge is 0.339 e. The highest BCUT2D eigenvalue weighted by atomic mass is 15.4. The first-order valence-corrected chi connectivity index (χ1v) is 7.03. The van der Waals surface area contributed by atoms with Crippen LogP contribution in [0.2, 0.25) is 0 Å². The van der Waals surface area contributed by atoms with E-state index in [4.69, 9.17) is 5.73 Å². The van der Waals surface area contributed by atoms with Crippen molar-refractivity contribution in [2.75, 3.05) is 25.5 Å². The minimum atomic E-state index is -0.149. The molecule has 0 aromatic heterocycles. The molecule has 1 aliphatic heterocycles. The van der Waals surface area contributed by atoms with Gasteiger partial charge < -0.3 is 4.90 Å². The number of aryl methyl sites for hydroxylation is 1. The molecule has 20 heavy (non-hydrogen) atoms. The summed E-state index contributed by atoms with van der Waals surface area (Å²) in [5, 5.41) is 0. The van der Waals surface area contributed by atoms with Crippen molar-refractivity contribution >= 4 is 11.9 Å². The molecule has 1 atom stereocenters. The summed E-state index contributed by atoms with van der Waals surface area (Å²) in [6.07, 6.45) is 5.86. The molecule has 1 unspecified atom stereocenters. The molecule has 0 bridgehead atoms. The number of anilines is 1. The van der Waals surface area contributed by atoms with Crippen LogP contribution in [-0.4, -0.2) is 38.0 Å². The number of aliphatic imine (C=N–C) groups is 1. The highest BCUT2D eigenvalue weighted by Crippen LogP contribution is 2.21. The first-order valence-electron chi connectivity index (χ1n) is 7.03. The smallest absolute Gasteiger partial charge is 0.134 e. The van der Waals surface area contributed by atoms with Crippen molar-refractivity contribution < 1.29 is 0 Å². The summed E-state index contributed by atoms with van der Waals surface area (Å²) in [5.41, 5.74) is 10.1. The Morgan fingerprint density at radius 1 is 1.25 bits per heavy atom. The SMILES string of the molecule is Cc1ccc(N(CC2=CN=CCC2)C(N)N(C)C)cc1. The summed E-state index contributed by atoms with van der Waals surface area (Å²) in [4.78, 5) is 8.49. The Morgan fingerprint density at radius 2 is 1.95 bits per heavy atom. The fraction of sp³-hybridized carbons (Fsp3) is 0.438. The second kappa shape index (κ2) is 6.68. The molecule has 1 aromatic carbocycles. The van der Waals surface area contributed by atoms with Crippen LogP contribution < -0.4 is 10.6 Å². The zero-order valence-electron chi connectivity index (χ0n) is 12.6. The third-order valence-corrected chi connectivity index (χ3v) is 3.54. The van der Waals surface area contributed by atoms with Gasteiger partial charge in [-0.25, -0.2) is 0 Å². The van der Waals surface area contributed by atoms with Crippen molar-refractivity contribution in [3.8, 4) is 0 Å². The summed E-state index contributed by atoms with van der Waals surface area (Å²) in [6.45, 7) is 2.91. The van der Waals surface area contributed by atoms with Crippen LogP contribution in [0.1, 0.15) is 18.4 Å². The van der Waals surface area contributed by atoms with Crippen molar-refractivity contribution in [2.24, 2.45) is 10.7 Å². The molecule has 4 nitrogen and oxygen atoms in total. The number of nitrogens with zero attached hydrogens (tertiary/aromatic N) is 3. The highest BCUT2D eigenvalue weighted by Gasteiger charge is 2.18. The number of hydrogen-bond acceptors (Lipinski definition) is 4. The van der Waals surface area contributed by atoms with Crippen LogP contribution in [0.25, 0.3) is 0 Å². The molecule has 4 heteroatoms. The molecule has 0 saturated heterocycles. The Balaban J connectivity index is 2.22. The highest BCUT2D eigenvalue weighted by molar-refractivity contribution is 5.60. The maximum absolute atomic E-state index is 6.33. The molecule has 2 N–H and O–H groups in total. The average molecular weight is 272 g/mol. The summed E-state index contributed by atoms with van der Waals surface area (Å²) >= 11 is 0. The van der Waals surface area contributed by atoms with Crippen LogP contribution >= 0.6 is 0 Å². The van der Waals surface area contributed by atoms with Gasteiger partial charge in [0.05, 0.1) is 0 Å². The zero-order valence-corrected chi connectivity index (χ0v) is 12.6. The molecule has 1 heterocycles. The van der Waals surface area contributed by atoms with E-state index in [1.165, 1.54) is 11.1 Å². The van der Waals surface area contributed by atoms with Crippen LogP contribution in [0.5, 0.6) is 0 Å². The predicted molar refractivity (Wildman–Crippen MR) is 86.0 cm³/mol. The van der Waals surface area contributed by atoms with Crippen LogP contribution in [0.3, 0.4) is 0 Å². The first kappa shape index (κ1) is 14.8. The normalized spacial score (nSPS) is 16.1. The van der Waals surface area contributed by atoms with Gasteiger partial charge in [0, 0.05) is 24.6 Å². The molecule has 0 amide bonds. The molecule has 1 aliphatic rings. The van der Waals surface area contributed by atoms with E-state index in [0.717, 1.165) is 25.1 Å². The number of hydrogen-bond donors (Lipinski definition) is 1. The molecule has 0 saturated carbocycles. The van der Waals surface area contributed by atoms with E-state index in [1.807, 2.05) is 31.4 Å². The zero-order chi connectivity index (χ0) is 14.5. The lowest BCUT2D eigenvalue weighted by molar-refractivity contribution is 0.292. The molecule has 0 spiro atoms. The van der Waals surface area contributed by atoms with Crippen LogP contribution in [0.15, 0.2) is 41.0 Å². The van der Waals surface area contributed by atoms with Gasteiger partial charge in [0.15, 0.2) is 0 Å². The van der Waals surface area contributed by atoms with Crippen molar-refractivity contribution in [3.63, 3.8) is 0 Å². The van der Waals surface area contributed by atoms with E-state index < -0.39 is 0 Å². The van der Waals surface area contributed by atoms with Crippen LogP contribution in [0, 0.1) is 6.92 Å². The van der Waals surface area contributed by atoms with Crippen molar-refractivity contribution in [1.82, 2.24) is 4.90 Å². The molecule has 0 fully saturated rings. The Labute approximate surface area is 121 Å². The van der Waals surface area contributed by atoms with E-state index in [-0.39, 0.29) is 6.29 Å². The summed E-state index contributed by atoms with van der Waals surface area (Å²) in [5.74, 6) is 0. The summed E-state index contributed by atoms with van der Waals surface area (Å²) < 4.78 is 0. The topological polar surface area (TPSA) is 44.9 Å². The fourth-order valence-corrected chi connectivity index (χ4v) is 2.24. The summed E-state index contributed by atoms with van der Waals surface area (Å²) in [7, 11) is 4.00. The second-order valence-corrected chi connectivity index (χ2v) is 5.50. The quantitative estimate of drug-likeness (QED) is 0.837. The van der Waals surface area contributed by atoms with Gasteiger partial charge in [0.1, 0.15) is 6.29 Å². The van der Waals surface area contributed by atoms with Crippen LogP contribution in [0.4, 0.5) is 5.69 Å². The Hall–Kier alpha value is -1.65. The molecule has 0 radical (unpaired) electrons. The van der Waals surface area contributed by atoms with Gasteiger partial charge in [-0.1, -0.05) is 17.7 Å². The van der Waals surface area contributed by atoms with Gasteiger partial charge in [-0.15, -0.1) is 0 Å². The minimum absolute atomic E-state index is 0.149. The minimum Gasteiger partial charge on any atom is -0.339 e. The lowest BCUT2D eigenvalue weighted by atomic mass is 10.1. The van der Waals surface area contributed by atoms with Crippen molar-refractivity contribution in [1.29, 1.82) is 0 Å². The van der Waals surface area contributed by atoms with E-state index in [2.05, 4.69) is 41.1 Å². The Morgan fingerprint density at radius 3 is 2.50 bits per heavy atom. The molecular formula is C16H24N4. The molecular weight excluding hydrogens is 248 g/mol. The standard InChI is InChI=1S/C16H24N4/c1-13-6-8-15(9-7-13)20(16(17)19(2)3)12-14-5-4-10-18-11-14/h6-11,16H,4-5,12,17H2,1-3H3. The molecule has 2 rings (SSSR count). The summed E-state index contributed by atoms with van der Waals surface area (Å²) in [6, 6.07) is 8.51. The maximum atomic E-state index is 6.33. The lowest BCUT2D eigenvalue weighted by Gasteiger charge is -2.35. The van der Waals surface area contributed by atoms with Gasteiger partial charge in [0.2, 0.25) is 0 Å². The van der Waals surface area contributed by atoms with Gasteiger partial charge >= 0.3 is 0 Å². The Kier molecular flexibility index (Phi) is 4.93. The van der Waals surface area contributed by atoms with Gasteiger partial charge in [-0.3, -0.25) is 15.6 Å². The maximum Gasteiger partial charge on any atom is 0.134 e. The average Bonchev–Trinajstić information content (AvgIpc) is 2.46. The Bertz CT molecular complexity index is 488. The third-order valence-electron chi connectivity index (χ3n) is 3.54. The lowest BCUT2D eigenvalue weighted by Crippen LogP contribution is -2.52. The third kappa shape index (κ3) is 3.68. The van der Waals surface area contributed by atoms with E-state index in [0.29, 0.717) is 0 Å². The van der Waals surface area contributed by atoms with Crippen LogP contribution in [-0.2, 0) is 0 Å². The van der Waals surface area contributed by atoms with E-state index in [9.17, 15) is 0 Å². The molecule has 0 aliphatic carbocycles.